The summed E-state index contributed by atoms with van der Waals surface area (Å²) in [6, 6.07) is 1.95. The van der Waals surface area contributed by atoms with Crippen molar-refractivity contribution in [2.75, 3.05) is 13.7 Å². The highest BCUT2D eigenvalue weighted by molar-refractivity contribution is 9.12. The Morgan fingerprint density at radius 2 is 2.29 bits per heavy atom. The van der Waals surface area contributed by atoms with Crippen LogP contribution in [0.3, 0.4) is 0 Å². The Labute approximate surface area is 105 Å². The lowest BCUT2D eigenvalue weighted by atomic mass is 10.1. The first-order valence-corrected chi connectivity index (χ1v) is 6.67. The molecule has 1 atom stereocenters. The summed E-state index contributed by atoms with van der Waals surface area (Å²) in [6.45, 7) is 0.694. The van der Waals surface area contributed by atoms with Gasteiger partial charge in [0.2, 0.25) is 0 Å². The van der Waals surface area contributed by atoms with Crippen molar-refractivity contribution < 1.29 is 9.84 Å². The molecule has 2 nitrogen and oxygen atoms in total. The molecule has 80 valence electrons. The third-order valence-corrected chi connectivity index (χ3v) is 4.25. The molecule has 1 unspecified atom stereocenters. The van der Waals surface area contributed by atoms with Crippen LogP contribution in [0.25, 0.3) is 0 Å². The molecule has 0 radical (unpaired) electrons. The second-order valence-electron chi connectivity index (χ2n) is 2.93. The van der Waals surface area contributed by atoms with E-state index in [-0.39, 0.29) is 0 Å². The van der Waals surface area contributed by atoms with Crippen LogP contribution in [0.5, 0.6) is 0 Å². The monoisotopic (exact) mass is 342 g/mol. The van der Waals surface area contributed by atoms with E-state index in [1.54, 1.807) is 18.4 Å². The number of methoxy groups -OCH3 is 1. The fraction of sp³-hybridized carbons (Fsp3) is 0.556. The zero-order chi connectivity index (χ0) is 10.6. The molecule has 0 saturated carbocycles. The maximum absolute atomic E-state index is 9.84. The van der Waals surface area contributed by atoms with Gasteiger partial charge in [-0.05, 0) is 50.8 Å². The van der Waals surface area contributed by atoms with E-state index in [0.717, 1.165) is 26.0 Å². The summed E-state index contributed by atoms with van der Waals surface area (Å²) in [4.78, 5) is 0. The van der Waals surface area contributed by atoms with Gasteiger partial charge in [0.1, 0.15) is 0 Å². The minimum atomic E-state index is -0.401. The first-order valence-electron chi connectivity index (χ1n) is 4.27. The SMILES string of the molecule is COCCCC(O)c1cc(Br)sc1Br. The number of thiophene rings is 1. The molecule has 0 aromatic carbocycles. The number of hydrogen-bond donors (Lipinski definition) is 1. The molecule has 0 fully saturated rings. The average molecular weight is 344 g/mol. The van der Waals surface area contributed by atoms with Crippen molar-refractivity contribution in [3.63, 3.8) is 0 Å². The maximum atomic E-state index is 9.84. The Kier molecular flexibility index (Phi) is 5.62. The highest BCUT2D eigenvalue weighted by Gasteiger charge is 2.13. The molecule has 0 aliphatic rings. The lowest BCUT2D eigenvalue weighted by molar-refractivity contribution is 0.136. The average Bonchev–Trinajstić information content (AvgIpc) is 2.45. The highest BCUT2D eigenvalue weighted by atomic mass is 79.9. The molecular formula is C9H12Br2O2S. The smallest absolute Gasteiger partial charge is 0.0810 e. The lowest BCUT2D eigenvalue weighted by Gasteiger charge is -2.08. The van der Waals surface area contributed by atoms with Gasteiger partial charge < -0.3 is 9.84 Å². The largest absolute Gasteiger partial charge is 0.388 e. The second kappa shape index (κ2) is 6.23. The summed E-state index contributed by atoms with van der Waals surface area (Å²) in [7, 11) is 1.67. The minimum absolute atomic E-state index is 0.401. The van der Waals surface area contributed by atoms with Crippen LogP contribution in [0.4, 0.5) is 0 Å². The quantitative estimate of drug-likeness (QED) is 0.825. The van der Waals surface area contributed by atoms with Crippen LogP contribution in [-0.2, 0) is 4.74 Å². The Hall–Kier alpha value is 0.580. The summed E-state index contributed by atoms with van der Waals surface area (Å²) < 4.78 is 6.96. The number of hydrogen-bond acceptors (Lipinski definition) is 3. The summed E-state index contributed by atoms with van der Waals surface area (Å²) in [5.74, 6) is 0. The van der Waals surface area contributed by atoms with Crippen molar-refractivity contribution in [1.82, 2.24) is 0 Å². The molecule has 0 aliphatic carbocycles. The zero-order valence-corrected chi connectivity index (χ0v) is 11.8. The molecule has 1 aromatic rings. The van der Waals surface area contributed by atoms with Crippen molar-refractivity contribution in [2.45, 2.75) is 18.9 Å². The first kappa shape index (κ1) is 12.6. The molecule has 0 amide bonds. The zero-order valence-electron chi connectivity index (χ0n) is 7.80. The van der Waals surface area contributed by atoms with E-state index in [2.05, 4.69) is 31.9 Å². The van der Waals surface area contributed by atoms with E-state index in [1.165, 1.54) is 0 Å². The molecule has 0 bridgehead atoms. The third kappa shape index (κ3) is 3.62. The molecule has 0 aliphatic heterocycles. The van der Waals surface area contributed by atoms with E-state index < -0.39 is 6.10 Å². The molecule has 1 N–H and O–H groups in total. The third-order valence-electron chi connectivity index (χ3n) is 1.87. The number of aliphatic hydroxyl groups is 1. The fourth-order valence-corrected chi connectivity index (χ4v) is 4.11. The summed E-state index contributed by atoms with van der Waals surface area (Å²) in [5.41, 5.74) is 0.956. The number of halogens is 2. The maximum Gasteiger partial charge on any atom is 0.0810 e. The Bertz CT molecular complexity index is 288. The summed E-state index contributed by atoms with van der Waals surface area (Å²) in [6.07, 6.45) is 1.20. The van der Waals surface area contributed by atoms with E-state index in [4.69, 9.17) is 4.74 Å². The van der Waals surface area contributed by atoms with Gasteiger partial charge in [-0.3, -0.25) is 0 Å². The molecule has 1 heterocycles. The molecule has 14 heavy (non-hydrogen) atoms. The van der Waals surface area contributed by atoms with Crippen LogP contribution in [-0.4, -0.2) is 18.8 Å². The van der Waals surface area contributed by atoms with Gasteiger partial charge in [-0.25, -0.2) is 0 Å². The van der Waals surface area contributed by atoms with E-state index >= 15 is 0 Å². The number of rotatable bonds is 5. The first-order chi connectivity index (χ1) is 6.65. The topological polar surface area (TPSA) is 29.5 Å². The Morgan fingerprint density at radius 3 is 2.79 bits per heavy atom. The Morgan fingerprint density at radius 1 is 1.57 bits per heavy atom. The highest BCUT2D eigenvalue weighted by Crippen LogP contribution is 2.36. The van der Waals surface area contributed by atoms with Crippen molar-refractivity contribution in [2.24, 2.45) is 0 Å². The van der Waals surface area contributed by atoms with E-state index in [0.29, 0.717) is 6.61 Å². The van der Waals surface area contributed by atoms with Gasteiger partial charge in [-0.1, -0.05) is 0 Å². The van der Waals surface area contributed by atoms with Crippen LogP contribution < -0.4 is 0 Å². The number of aliphatic hydroxyl groups excluding tert-OH is 1. The van der Waals surface area contributed by atoms with Crippen LogP contribution in [0, 0.1) is 0 Å². The van der Waals surface area contributed by atoms with Crippen LogP contribution in [0.2, 0.25) is 0 Å². The van der Waals surface area contributed by atoms with Crippen molar-refractivity contribution in [1.29, 1.82) is 0 Å². The van der Waals surface area contributed by atoms with Crippen molar-refractivity contribution in [3.8, 4) is 0 Å². The standard InChI is InChI=1S/C9H12Br2O2S/c1-13-4-2-3-7(12)6-5-8(10)14-9(6)11/h5,7,12H,2-4H2,1H3. The van der Waals surface area contributed by atoms with Gasteiger partial charge in [-0.15, -0.1) is 11.3 Å². The molecule has 0 spiro atoms. The van der Waals surface area contributed by atoms with E-state index in [9.17, 15) is 5.11 Å². The molecule has 1 aromatic heterocycles. The van der Waals surface area contributed by atoms with Gasteiger partial charge >= 0.3 is 0 Å². The van der Waals surface area contributed by atoms with E-state index in [1.807, 2.05) is 6.07 Å². The van der Waals surface area contributed by atoms with Gasteiger partial charge in [0.15, 0.2) is 0 Å². The van der Waals surface area contributed by atoms with Crippen molar-refractivity contribution >= 4 is 43.2 Å². The minimum Gasteiger partial charge on any atom is -0.388 e. The normalized spacial score (nSPS) is 13.1. The van der Waals surface area contributed by atoms with Gasteiger partial charge in [0.25, 0.3) is 0 Å². The van der Waals surface area contributed by atoms with Gasteiger partial charge in [-0.2, -0.15) is 0 Å². The van der Waals surface area contributed by atoms with Crippen molar-refractivity contribution in [3.05, 3.63) is 19.2 Å². The van der Waals surface area contributed by atoms with Gasteiger partial charge in [0.05, 0.1) is 13.7 Å². The molecular weight excluding hydrogens is 332 g/mol. The lowest BCUT2D eigenvalue weighted by Crippen LogP contribution is -1.99. The predicted octanol–water partition coefficient (Wildman–Crippen LogP) is 3.73. The predicted molar refractivity (Wildman–Crippen MR) is 65.8 cm³/mol. The molecule has 1 rings (SSSR count). The number of ether oxygens (including phenoxy) is 1. The summed E-state index contributed by atoms with van der Waals surface area (Å²) >= 11 is 8.39. The molecule has 5 heteroatoms. The van der Waals surface area contributed by atoms with Crippen LogP contribution in [0.15, 0.2) is 13.6 Å². The summed E-state index contributed by atoms with van der Waals surface area (Å²) in [5, 5.41) is 9.84. The molecule has 0 saturated heterocycles. The van der Waals surface area contributed by atoms with Crippen LogP contribution >= 0.6 is 43.2 Å². The Balaban J connectivity index is 2.51. The van der Waals surface area contributed by atoms with Gasteiger partial charge in [0, 0.05) is 19.3 Å². The van der Waals surface area contributed by atoms with Crippen LogP contribution in [0.1, 0.15) is 24.5 Å². The fourth-order valence-electron chi connectivity index (χ4n) is 1.16. The second-order valence-corrected chi connectivity index (χ2v) is 6.68.